The van der Waals surface area contributed by atoms with E-state index in [1.54, 1.807) is 4.57 Å². The van der Waals surface area contributed by atoms with Crippen molar-refractivity contribution < 1.29 is 14.3 Å². The van der Waals surface area contributed by atoms with Crippen LogP contribution in [0.5, 0.6) is 0 Å². The number of hydrogen-bond acceptors (Lipinski definition) is 2. The Balaban J connectivity index is 2.27. The summed E-state index contributed by atoms with van der Waals surface area (Å²) in [6.45, 7) is 2.35. The maximum Gasteiger partial charge on any atom is 0.341 e. The summed E-state index contributed by atoms with van der Waals surface area (Å²) >= 11 is 0. The Morgan fingerprint density at radius 2 is 1.96 bits per heavy atom. The number of aromatic carboxylic acids is 1. The van der Waals surface area contributed by atoms with Crippen molar-refractivity contribution in [2.75, 3.05) is 0 Å². The Hall–Kier alpha value is -2.95. The number of rotatable bonds is 3. The van der Waals surface area contributed by atoms with Gasteiger partial charge in [-0.15, -0.1) is 0 Å². The Bertz CT molecular complexity index is 976. The van der Waals surface area contributed by atoms with E-state index in [9.17, 15) is 19.1 Å². The standard InChI is InChI=1S/C18H14FNO3/c1-11-4-2-3-5-12(11)9-20-10-15(18(22)23)17(21)14-8-13(19)6-7-16(14)20/h2-8,10H,9H2,1H3,(H,22,23). The normalized spacial score (nSPS) is 10.9. The number of hydrogen-bond donors (Lipinski definition) is 1. The van der Waals surface area contributed by atoms with Gasteiger partial charge in [0.2, 0.25) is 5.43 Å². The van der Waals surface area contributed by atoms with Crippen LogP contribution in [0.25, 0.3) is 10.9 Å². The molecule has 2 aromatic carbocycles. The lowest BCUT2D eigenvalue weighted by Crippen LogP contribution is -2.19. The summed E-state index contributed by atoms with van der Waals surface area (Å²) in [6, 6.07) is 11.5. The van der Waals surface area contributed by atoms with E-state index in [1.165, 1.54) is 18.3 Å². The molecule has 0 aliphatic carbocycles. The first-order valence-corrected chi connectivity index (χ1v) is 7.08. The number of fused-ring (bicyclic) bond motifs is 1. The van der Waals surface area contributed by atoms with Crippen LogP contribution in [0.2, 0.25) is 0 Å². The summed E-state index contributed by atoms with van der Waals surface area (Å²) in [4.78, 5) is 23.5. The Morgan fingerprint density at radius 3 is 2.65 bits per heavy atom. The zero-order valence-corrected chi connectivity index (χ0v) is 12.4. The largest absolute Gasteiger partial charge is 0.477 e. The first-order valence-electron chi connectivity index (χ1n) is 7.08. The van der Waals surface area contributed by atoms with Crippen molar-refractivity contribution in [3.05, 3.63) is 81.4 Å². The van der Waals surface area contributed by atoms with Crippen molar-refractivity contribution in [3.8, 4) is 0 Å². The quantitative estimate of drug-likeness (QED) is 0.808. The number of nitrogens with zero attached hydrogens (tertiary/aromatic N) is 1. The fourth-order valence-electron chi connectivity index (χ4n) is 2.62. The highest BCUT2D eigenvalue weighted by atomic mass is 19.1. The molecule has 1 N–H and O–H groups in total. The summed E-state index contributed by atoms with van der Waals surface area (Å²) in [5.41, 5.74) is 1.52. The molecule has 4 nitrogen and oxygen atoms in total. The molecule has 3 rings (SSSR count). The highest BCUT2D eigenvalue weighted by Gasteiger charge is 2.15. The summed E-state index contributed by atoms with van der Waals surface area (Å²) in [5.74, 6) is -1.89. The molecule has 0 spiro atoms. The van der Waals surface area contributed by atoms with E-state index in [0.717, 1.165) is 17.2 Å². The number of halogens is 1. The Kier molecular flexibility index (Phi) is 3.70. The zero-order chi connectivity index (χ0) is 16.6. The first-order chi connectivity index (χ1) is 11.0. The lowest BCUT2D eigenvalue weighted by Gasteiger charge is -2.14. The summed E-state index contributed by atoms with van der Waals surface area (Å²) in [5, 5.41) is 9.30. The van der Waals surface area contributed by atoms with Gasteiger partial charge in [-0.1, -0.05) is 24.3 Å². The van der Waals surface area contributed by atoms with Gasteiger partial charge in [-0.2, -0.15) is 0 Å². The highest BCUT2D eigenvalue weighted by Crippen LogP contribution is 2.17. The maximum absolute atomic E-state index is 13.5. The second-order valence-electron chi connectivity index (χ2n) is 5.39. The Labute approximate surface area is 131 Å². The van der Waals surface area contributed by atoms with Crippen LogP contribution in [0, 0.1) is 12.7 Å². The molecule has 23 heavy (non-hydrogen) atoms. The number of aromatic nitrogens is 1. The van der Waals surface area contributed by atoms with Crippen LogP contribution in [0.3, 0.4) is 0 Å². The van der Waals surface area contributed by atoms with Gasteiger partial charge in [-0.05, 0) is 36.2 Å². The minimum Gasteiger partial charge on any atom is -0.477 e. The molecule has 0 fully saturated rings. The van der Waals surface area contributed by atoms with Gasteiger partial charge in [0.15, 0.2) is 0 Å². The molecule has 1 aromatic heterocycles. The molecule has 0 saturated heterocycles. The van der Waals surface area contributed by atoms with Crippen LogP contribution >= 0.6 is 0 Å². The van der Waals surface area contributed by atoms with Crippen molar-refractivity contribution in [2.24, 2.45) is 0 Å². The number of pyridine rings is 1. The molecule has 0 atom stereocenters. The molecule has 116 valence electrons. The molecule has 3 aromatic rings. The minimum atomic E-state index is -1.32. The summed E-state index contributed by atoms with van der Waals surface area (Å²) in [7, 11) is 0. The van der Waals surface area contributed by atoms with Crippen molar-refractivity contribution in [1.29, 1.82) is 0 Å². The van der Waals surface area contributed by atoms with Gasteiger partial charge < -0.3 is 9.67 Å². The molecule has 0 aliphatic rings. The lowest BCUT2D eigenvalue weighted by molar-refractivity contribution is 0.0695. The average Bonchev–Trinajstić information content (AvgIpc) is 2.52. The SMILES string of the molecule is Cc1ccccc1Cn1cc(C(=O)O)c(=O)c2cc(F)ccc21. The predicted octanol–water partition coefficient (Wildman–Crippen LogP) is 3.20. The zero-order valence-electron chi connectivity index (χ0n) is 12.4. The van der Waals surface area contributed by atoms with E-state index >= 15 is 0 Å². The second-order valence-corrected chi connectivity index (χ2v) is 5.39. The minimum absolute atomic E-state index is 0.0680. The molecule has 0 amide bonds. The number of aryl methyl sites for hydroxylation is 1. The van der Waals surface area contributed by atoms with E-state index in [2.05, 4.69) is 0 Å². The van der Waals surface area contributed by atoms with Gasteiger partial charge in [0.25, 0.3) is 0 Å². The summed E-state index contributed by atoms with van der Waals surface area (Å²) < 4.78 is 15.1. The molecule has 5 heteroatoms. The van der Waals surface area contributed by atoms with Crippen molar-refractivity contribution in [1.82, 2.24) is 4.57 Å². The number of carboxylic acid groups (broad SMARTS) is 1. The third-order valence-corrected chi connectivity index (χ3v) is 3.87. The molecule has 0 bridgehead atoms. The number of benzene rings is 2. The topological polar surface area (TPSA) is 59.3 Å². The van der Waals surface area contributed by atoms with E-state index in [4.69, 9.17) is 0 Å². The van der Waals surface area contributed by atoms with Gasteiger partial charge in [-0.3, -0.25) is 4.79 Å². The van der Waals surface area contributed by atoms with Gasteiger partial charge in [0.1, 0.15) is 11.4 Å². The molecule has 0 saturated carbocycles. The third-order valence-electron chi connectivity index (χ3n) is 3.87. The van der Waals surface area contributed by atoms with Gasteiger partial charge in [-0.25, -0.2) is 9.18 Å². The number of carbonyl (C=O) groups is 1. The Morgan fingerprint density at radius 1 is 1.22 bits per heavy atom. The van der Waals surface area contributed by atoms with Crippen LogP contribution in [0.15, 0.2) is 53.5 Å². The molecule has 0 unspecified atom stereocenters. The fraction of sp³-hybridized carbons (Fsp3) is 0.111. The van der Waals surface area contributed by atoms with Crippen LogP contribution < -0.4 is 5.43 Å². The molecule has 0 radical (unpaired) electrons. The maximum atomic E-state index is 13.5. The van der Waals surface area contributed by atoms with Crippen LogP contribution in [-0.4, -0.2) is 15.6 Å². The lowest BCUT2D eigenvalue weighted by atomic mass is 10.1. The van der Waals surface area contributed by atoms with Gasteiger partial charge in [0.05, 0.1) is 5.52 Å². The predicted molar refractivity (Wildman–Crippen MR) is 85.4 cm³/mol. The summed E-state index contributed by atoms with van der Waals surface area (Å²) in [6.07, 6.45) is 1.32. The fourth-order valence-corrected chi connectivity index (χ4v) is 2.62. The molecule has 0 aliphatic heterocycles. The first kappa shape index (κ1) is 15.0. The highest BCUT2D eigenvalue weighted by molar-refractivity contribution is 5.92. The molecular weight excluding hydrogens is 297 g/mol. The smallest absolute Gasteiger partial charge is 0.341 e. The van der Waals surface area contributed by atoms with Crippen LogP contribution in [0.1, 0.15) is 21.5 Å². The molecular formula is C18H14FNO3. The van der Waals surface area contributed by atoms with Crippen molar-refractivity contribution >= 4 is 16.9 Å². The van der Waals surface area contributed by atoms with Crippen LogP contribution in [-0.2, 0) is 6.54 Å². The average molecular weight is 311 g/mol. The van der Waals surface area contributed by atoms with E-state index in [0.29, 0.717) is 12.1 Å². The van der Waals surface area contributed by atoms with Gasteiger partial charge in [0, 0.05) is 18.1 Å². The van der Waals surface area contributed by atoms with Gasteiger partial charge >= 0.3 is 5.97 Å². The van der Waals surface area contributed by atoms with E-state index in [1.807, 2.05) is 31.2 Å². The number of carboxylic acids is 1. The van der Waals surface area contributed by atoms with E-state index < -0.39 is 17.2 Å². The van der Waals surface area contributed by atoms with Crippen molar-refractivity contribution in [2.45, 2.75) is 13.5 Å². The van der Waals surface area contributed by atoms with Crippen LogP contribution in [0.4, 0.5) is 4.39 Å². The van der Waals surface area contributed by atoms with E-state index in [-0.39, 0.29) is 10.9 Å². The molecule has 1 heterocycles. The monoisotopic (exact) mass is 311 g/mol. The van der Waals surface area contributed by atoms with Crippen molar-refractivity contribution in [3.63, 3.8) is 0 Å². The second kappa shape index (κ2) is 5.68. The third kappa shape index (κ3) is 2.73.